The number of carbonyl (C=O) groups excluding carboxylic acids is 5. The highest BCUT2D eigenvalue weighted by Crippen LogP contribution is 2.50. The van der Waals surface area contributed by atoms with Gasteiger partial charge in [-0.15, -0.1) is 6.58 Å². The first-order valence-corrected chi connectivity index (χ1v) is 20.0. The van der Waals surface area contributed by atoms with Crippen LogP contribution in [0.25, 0.3) is 6.08 Å². The fourth-order valence-corrected chi connectivity index (χ4v) is 9.35. The molecular formula is C38H49N5O9S. The number of fused-ring (bicyclic) bond motifs is 4. The van der Waals surface area contributed by atoms with E-state index in [9.17, 15) is 32.4 Å². The van der Waals surface area contributed by atoms with Crippen LogP contribution in [0.1, 0.15) is 89.3 Å². The zero-order valence-electron chi connectivity index (χ0n) is 30.7. The molecule has 4 fully saturated rings. The van der Waals surface area contributed by atoms with Gasteiger partial charge in [-0.25, -0.2) is 18.0 Å². The number of carbonyl (C=O) groups is 5. The number of sulfonamides is 1. The van der Waals surface area contributed by atoms with Crippen molar-refractivity contribution in [2.24, 2.45) is 17.3 Å². The number of ether oxygens (including phenoxy) is 2. The zero-order chi connectivity index (χ0) is 38.1. The molecule has 3 N–H and O–H groups in total. The maximum absolute atomic E-state index is 14.5. The van der Waals surface area contributed by atoms with Crippen molar-refractivity contribution in [1.29, 1.82) is 0 Å². The molecule has 3 aliphatic heterocycles. The Kier molecular flexibility index (Phi) is 9.18. The van der Waals surface area contributed by atoms with E-state index in [1.807, 2.05) is 25.1 Å². The van der Waals surface area contributed by atoms with Crippen LogP contribution >= 0.6 is 0 Å². The number of alkyl carbamates (subject to hydrolysis) is 1. The van der Waals surface area contributed by atoms with Crippen LogP contribution in [0.3, 0.4) is 0 Å². The molecule has 0 aromatic heterocycles. The molecule has 286 valence electrons. The van der Waals surface area contributed by atoms with Gasteiger partial charge in [0, 0.05) is 24.8 Å². The van der Waals surface area contributed by atoms with Crippen molar-refractivity contribution >= 4 is 46.0 Å². The van der Waals surface area contributed by atoms with E-state index in [2.05, 4.69) is 34.1 Å². The normalized spacial score (nSPS) is 32.8. The number of amides is 5. The molecule has 4 bridgehead atoms. The Balaban J connectivity index is 1.17. The first-order valence-electron chi connectivity index (χ1n) is 18.5. The lowest BCUT2D eigenvalue weighted by atomic mass is 9.85. The minimum atomic E-state index is -3.91. The minimum absolute atomic E-state index is 0.0873. The topological polar surface area (TPSA) is 181 Å². The summed E-state index contributed by atoms with van der Waals surface area (Å²) in [5.41, 5.74) is -0.0624. The number of allylic oxidation sites excluding steroid dienone is 1. The van der Waals surface area contributed by atoms with Crippen LogP contribution in [0.4, 0.5) is 9.59 Å². The fraction of sp³-hybridized carbons (Fsp3) is 0.605. The van der Waals surface area contributed by atoms with Crippen LogP contribution < -0.4 is 15.4 Å². The highest BCUT2D eigenvalue weighted by Gasteiger charge is 2.62. The Labute approximate surface area is 310 Å². The first kappa shape index (κ1) is 36.9. The third-order valence-electron chi connectivity index (χ3n) is 11.7. The molecule has 5 amide bonds. The zero-order valence-corrected chi connectivity index (χ0v) is 31.5. The van der Waals surface area contributed by atoms with Gasteiger partial charge in [0.05, 0.1) is 18.3 Å². The predicted molar refractivity (Wildman–Crippen MR) is 193 cm³/mol. The average molecular weight is 752 g/mol. The first-order chi connectivity index (χ1) is 24.9. The summed E-state index contributed by atoms with van der Waals surface area (Å²) in [5, 5.41) is 4.87. The highest BCUT2D eigenvalue weighted by molar-refractivity contribution is 7.91. The highest BCUT2D eigenvalue weighted by atomic mass is 32.2. The van der Waals surface area contributed by atoms with Crippen molar-refractivity contribution in [3.05, 3.63) is 53.6 Å². The van der Waals surface area contributed by atoms with Crippen LogP contribution in [0.15, 0.2) is 36.9 Å². The maximum Gasteiger partial charge on any atom is 0.410 e. The Hall–Kier alpha value is -4.40. The summed E-state index contributed by atoms with van der Waals surface area (Å²) in [4.78, 5) is 72.1. The van der Waals surface area contributed by atoms with Crippen LogP contribution in [0.5, 0.6) is 0 Å². The van der Waals surface area contributed by atoms with Crippen molar-refractivity contribution in [2.45, 2.75) is 120 Å². The molecule has 7 rings (SSSR count). The molecular weight excluding hydrogens is 703 g/mol. The summed E-state index contributed by atoms with van der Waals surface area (Å²) < 4.78 is 39.4. The third kappa shape index (κ3) is 7.28. The van der Waals surface area contributed by atoms with Gasteiger partial charge in [-0.2, -0.15) is 0 Å². The summed E-state index contributed by atoms with van der Waals surface area (Å²) in [6.07, 6.45) is 6.60. The summed E-state index contributed by atoms with van der Waals surface area (Å²) in [7, 11) is -3.91. The molecule has 3 aliphatic carbocycles. The standard InChI is InChI=1S/C38H49N5O9S/c1-6-24-18-38(24,33(46)41-53(49,50)27-14-15-27)40-31(44)29-16-26-20-43(29)32(45)30(36(2,3)4)39-34(47)52-37(5)17-25(37)13-8-7-10-22-11-9-12-23-19-42(21-28(22)23)35(48)51-26/h6-7,9-12,24-27,29-30H,1,8,13-21H2,2-5H3,(H,39,47)(H,40,44)(H,41,46)/t24-,25-,26-,29+,30-,37-,38-/m1/s1. The van der Waals surface area contributed by atoms with E-state index in [1.165, 1.54) is 11.0 Å². The summed E-state index contributed by atoms with van der Waals surface area (Å²) in [5.74, 6) is -2.56. The van der Waals surface area contributed by atoms with Gasteiger partial charge < -0.3 is 25.0 Å². The number of hydrogen-bond acceptors (Lipinski definition) is 9. The van der Waals surface area contributed by atoms with Crippen molar-refractivity contribution in [3.8, 4) is 0 Å². The van der Waals surface area contributed by atoms with Crippen LogP contribution in [0, 0.1) is 17.3 Å². The fourth-order valence-electron chi connectivity index (χ4n) is 7.99. The van der Waals surface area contributed by atoms with E-state index in [1.54, 1.807) is 25.7 Å². The minimum Gasteiger partial charge on any atom is -0.444 e. The summed E-state index contributed by atoms with van der Waals surface area (Å²) >= 11 is 0. The van der Waals surface area contributed by atoms with E-state index in [4.69, 9.17) is 9.47 Å². The molecule has 1 saturated heterocycles. The molecule has 6 aliphatic rings. The second-order valence-electron chi connectivity index (χ2n) is 16.8. The monoisotopic (exact) mass is 751 g/mol. The van der Waals surface area contributed by atoms with E-state index in [-0.39, 0.29) is 25.3 Å². The summed E-state index contributed by atoms with van der Waals surface area (Å²) in [6.45, 7) is 11.5. The van der Waals surface area contributed by atoms with Gasteiger partial charge in [0.15, 0.2) is 0 Å². The number of benzene rings is 1. The molecule has 1 aromatic rings. The Morgan fingerprint density at radius 3 is 2.53 bits per heavy atom. The molecule has 3 heterocycles. The largest absolute Gasteiger partial charge is 0.444 e. The van der Waals surface area contributed by atoms with Gasteiger partial charge in [-0.1, -0.05) is 57.2 Å². The Morgan fingerprint density at radius 2 is 1.85 bits per heavy atom. The second kappa shape index (κ2) is 13.2. The molecule has 0 unspecified atom stereocenters. The van der Waals surface area contributed by atoms with E-state index >= 15 is 0 Å². The summed E-state index contributed by atoms with van der Waals surface area (Å²) in [6, 6.07) is 3.58. The second-order valence-corrected chi connectivity index (χ2v) is 18.8. The molecule has 53 heavy (non-hydrogen) atoms. The van der Waals surface area contributed by atoms with Crippen LogP contribution in [0.2, 0.25) is 0 Å². The van der Waals surface area contributed by atoms with Gasteiger partial charge in [-0.3, -0.25) is 24.0 Å². The van der Waals surface area contributed by atoms with Crippen molar-refractivity contribution < 1.29 is 41.9 Å². The number of hydrogen-bond donors (Lipinski definition) is 3. The van der Waals surface area contributed by atoms with Gasteiger partial charge in [0.2, 0.25) is 21.8 Å². The molecule has 0 spiro atoms. The number of nitrogens with one attached hydrogen (secondary N) is 3. The van der Waals surface area contributed by atoms with Crippen molar-refractivity contribution in [3.63, 3.8) is 0 Å². The lowest BCUT2D eigenvalue weighted by Crippen LogP contribution is -2.60. The van der Waals surface area contributed by atoms with Gasteiger partial charge in [-0.05, 0) is 67.6 Å². The molecule has 14 nitrogen and oxygen atoms in total. The maximum atomic E-state index is 14.5. The lowest BCUT2D eigenvalue weighted by Gasteiger charge is -2.35. The lowest BCUT2D eigenvalue weighted by molar-refractivity contribution is -0.143. The van der Waals surface area contributed by atoms with E-state index in [0.29, 0.717) is 32.4 Å². The van der Waals surface area contributed by atoms with Crippen LogP contribution in [-0.4, -0.2) is 89.2 Å². The van der Waals surface area contributed by atoms with Crippen molar-refractivity contribution in [1.82, 2.24) is 25.2 Å². The smallest absolute Gasteiger partial charge is 0.410 e. The Bertz CT molecular complexity index is 1890. The average Bonchev–Trinajstić information content (AvgIpc) is 4.04. The Morgan fingerprint density at radius 1 is 1.09 bits per heavy atom. The SMILES string of the molecule is C=C[C@@H]1C[C@]1(NC(=O)[C@@H]1C[C@@H]2CN1C(=O)[C@H](C(C)(C)C)NC(=O)O[C@]1(C)C[C@H]1CCC=Cc1cccc3c1CN(C3)C(=O)O2)C(=O)NS(=O)(=O)C1CC1. The molecule has 7 atom stereocenters. The van der Waals surface area contributed by atoms with Gasteiger partial charge >= 0.3 is 12.2 Å². The van der Waals surface area contributed by atoms with E-state index < -0.39 is 85.8 Å². The van der Waals surface area contributed by atoms with Gasteiger partial charge in [0.25, 0.3) is 5.91 Å². The van der Waals surface area contributed by atoms with Crippen LogP contribution in [-0.2, 0) is 47.0 Å². The molecule has 3 saturated carbocycles. The predicted octanol–water partition coefficient (Wildman–Crippen LogP) is 3.50. The molecule has 15 heteroatoms. The number of rotatable bonds is 6. The molecule has 1 aromatic carbocycles. The van der Waals surface area contributed by atoms with Gasteiger partial charge in [0.1, 0.15) is 29.3 Å². The number of nitrogens with zero attached hydrogens (tertiary/aromatic N) is 2. The quantitative estimate of drug-likeness (QED) is 0.367. The molecule has 0 radical (unpaired) electrons. The van der Waals surface area contributed by atoms with E-state index in [0.717, 1.165) is 29.5 Å². The third-order valence-corrected chi connectivity index (χ3v) is 13.5. The van der Waals surface area contributed by atoms with Crippen molar-refractivity contribution in [2.75, 3.05) is 6.54 Å².